The van der Waals surface area contributed by atoms with E-state index in [2.05, 4.69) is 24.2 Å². The molecule has 0 bridgehead atoms. The van der Waals surface area contributed by atoms with Crippen LogP contribution < -0.4 is 10.1 Å². The number of rotatable bonds is 9. The van der Waals surface area contributed by atoms with Gasteiger partial charge < -0.3 is 19.9 Å². The van der Waals surface area contributed by atoms with Crippen LogP contribution in [0.5, 0.6) is 5.75 Å². The summed E-state index contributed by atoms with van der Waals surface area (Å²) in [6.07, 6.45) is 6.55. The third-order valence-electron chi connectivity index (χ3n) is 7.42. The molecule has 8 nitrogen and oxygen atoms in total. The van der Waals surface area contributed by atoms with E-state index in [9.17, 15) is 9.59 Å². The molecule has 1 aliphatic carbocycles. The van der Waals surface area contributed by atoms with E-state index >= 15 is 0 Å². The first-order valence-corrected chi connectivity index (χ1v) is 12.9. The van der Waals surface area contributed by atoms with Gasteiger partial charge >= 0.3 is 0 Å². The smallest absolute Gasteiger partial charge is 0.273 e. The molecule has 2 aliphatic rings. The van der Waals surface area contributed by atoms with Gasteiger partial charge in [-0.1, -0.05) is 26.2 Å². The molecule has 4 rings (SSSR count). The number of amides is 2. The number of fused-ring (bicyclic) bond motifs is 1. The molecule has 2 amide bonds. The molecule has 190 valence electrons. The number of hydrogen-bond acceptors (Lipinski definition) is 5. The number of methoxy groups -OCH3 is 1. The maximum Gasteiger partial charge on any atom is 0.273 e. The Morgan fingerprint density at radius 2 is 1.91 bits per heavy atom. The predicted molar refractivity (Wildman–Crippen MR) is 136 cm³/mol. The molecule has 1 unspecified atom stereocenters. The molecular formula is C27H39N5O3. The average Bonchev–Trinajstić information content (AvgIpc) is 3.28. The lowest BCUT2D eigenvalue weighted by atomic mass is 9.91. The SMILES string of the molecule is CCCN(C)CCN1C(=O)c2cc(-c3ccc(OC)cc3)nn2CC1(C)C(=O)NC1CCCCC1. The van der Waals surface area contributed by atoms with Crippen molar-refractivity contribution in [2.75, 3.05) is 33.8 Å². The van der Waals surface area contributed by atoms with Crippen molar-refractivity contribution in [3.8, 4) is 17.0 Å². The molecular weight excluding hydrogens is 442 g/mol. The quantitative estimate of drug-likeness (QED) is 0.592. The van der Waals surface area contributed by atoms with Crippen LogP contribution in [-0.2, 0) is 11.3 Å². The number of aromatic nitrogens is 2. The Hall–Kier alpha value is -2.87. The molecule has 0 saturated heterocycles. The standard InChI is InChI=1S/C27H39N5O3/c1-5-15-30(3)16-17-31-25(33)24-18-23(20-11-13-22(35-4)14-12-20)29-32(24)19-27(31,2)26(34)28-21-9-7-6-8-10-21/h11-14,18,21H,5-10,15-17,19H2,1-4H3,(H,28,34). The van der Waals surface area contributed by atoms with Crippen LogP contribution in [0, 0.1) is 0 Å². The lowest BCUT2D eigenvalue weighted by Gasteiger charge is -2.44. The highest BCUT2D eigenvalue weighted by molar-refractivity contribution is 6.00. The molecule has 0 radical (unpaired) electrons. The van der Waals surface area contributed by atoms with Gasteiger partial charge in [0.1, 0.15) is 17.0 Å². The average molecular weight is 482 g/mol. The number of likely N-dealkylation sites (N-methyl/N-ethyl adjacent to an activating group) is 1. The van der Waals surface area contributed by atoms with E-state index in [4.69, 9.17) is 9.84 Å². The Labute approximate surface area is 208 Å². The Balaban J connectivity index is 1.63. The van der Waals surface area contributed by atoms with Crippen molar-refractivity contribution in [1.29, 1.82) is 0 Å². The van der Waals surface area contributed by atoms with Crippen LogP contribution >= 0.6 is 0 Å². The fourth-order valence-electron chi connectivity index (χ4n) is 5.25. The summed E-state index contributed by atoms with van der Waals surface area (Å²) in [6, 6.07) is 9.65. The predicted octanol–water partition coefficient (Wildman–Crippen LogP) is 3.56. The lowest BCUT2D eigenvalue weighted by molar-refractivity contribution is -0.134. The van der Waals surface area contributed by atoms with Crippen LogP contribution in [0.15, 0.2) is 30.3 Å². The van der Waals surface area contributed by atoms with Crippen LogP contribution in [0.25, 0.3) is 11.3 Å². The summed E-state index contributed by atoms with van der Waals surface area (Å²) in [5, 5.41) is 8.02. The number of benzene rings is 1. The van der Waals surface area contributed by atoms with E-state index in [1.807, 2.05) is 37.3 Å². The fraction of sp³-hybridized carbons (Fsp3) is 0.593. The number of carbonyl (C=O) groups excluding carboxylic acids is 2. The van der Waals surface area contributed by atoms with Crippen molar-refractivity contribution in [2.45, 2.75) is 70.5 Å². The number of ether oxygens (including phenoxy) is 1. The van der Waals surface area contributed by atoms with Gasteiger partial charge in [-0.2, -0.15) is 5.10 Å². The summed E-state index contributed by atoms with van der Waals surface area (Å²) in [4.78, 5) is 31.5. The third-order valence-corrected chi connectivity index (χ3v) is 7.42. The van der Waals surface area contributed by atoms with Crippen molar-refractivity contribution in [2.24, 2.45) is 0 Å². The van der Waals surface area contributed by atoms with Crippen LogP contribution in [-0.4, -0.2) is 76.8 Å². The molecule has 8 heteroatoms. The van der Waals surface area contributed by atoms with Crippen LogP contribution in [0.4, 0.5) is 0 Å². The van der Waals surface area contributed by atoms with Crippen molar-refractivity contribution in [3.63, 3.8) is 0 Å². The van der Waals surface area contributed by atoms with Crippen molar-refractivity contribution in [3.05, 3.63) is 36.0 Å². The second-order valence-corrected chi connectivity index (χ2v) is 10.1. The van der Waals surface area contributed by atoms with E-state index in [0.29, 0.717) is 25.3 Å². The van der Waals surface area contributed by atoms with E-state index in [-0.39, 0.29) is 17.9 Å². The highest BCUT2D eigenvalue weighted by Crippen LogP contribution is 2.31. The lowest BCUT2D eigenvalue weighted by Crippen LogP contribution is -2.66. The molecule has 0 spiro atoms. The first kappa shape index (κ1) is 25.2. The number of nitrogens with zero attached hydrogens (tertiary/aromatic N) is 4. The number of nitrogens with one attached hydrogen (secondary N) is 1. The zero-order chi connectivity index (χ0) is 25.0. The molecule has 1 atom stereocenters. The summed E-state index contributed by atoms with van der Waals surface area (Å²) < 4.78 is 6.98. The first-order valence-electron chi connectivity index (χ1n) is 12.9. The summed E-state index contributed by atoms with van der Waals surface area (Å²) in [5.41, 5.74) is 1.15. The zero-order valence-corrected chi connectivity index (χ0v) is 21.5. The van der Waals surface area contributed by atoms with Crippen LogP contribution in [0.3, 0.4) is 0 Å². The summed E-state index contributed by atoms with van der Waals surface area (Å²) in [7, 11) is 3.69. The van der Waals surface area contributed by atoms with Gasteiger partial charge in [0.25, 0.3) is 5.91 Å². The van der Waals surface area contributed by atoms with Gasteiger partial charge in [0.05, 0.1) is 19.3 Å². The Bertz CT molecular complexity index is 1030. The van der Waals surface area contributed by atoms with Crippen molar-refractivity contribution >= 4 is 11.8 Å². The molecule has 1 fully saturated rings. The van der Waals surface area contributed by atoms with Gasteiger partial charge in [-0.3, -0.25) is 14.3 Å². The van der Waals surface area contributed by atoms with Gasteiger partial charge in [-0.15, -0.1) is 0 Å². The zero-order valence-electron chi connectivity index (χ0n) is 21.5. The topological polar surface area (TPSA) is 79.7 Å². The molecule has 2 aromatic rings. The minimum atomic E-state index is -1.00. The van der Waals surface area contributed by atoms with E-state index in [1.165, 1.54) is 6.42 Å². The highest BCUT2D eigenvalue weighted by Gasteiger charge is 2.48. The van der Waals surface area contributed by atoms with Crippen molar-refractivity contribution in [1.82, 2.24) is 24.9 Å². The summed E-state index contributed by atoms with van der Waals surface area (Å²) in [5.74, 6) is 0.542. The molecule has 1 aromatic heterocycles. The van der Waals surface area contributed by atoms with Crippen molar-refractivity contribution < 1.29 is 14.3 Å². The summed E-state index contributed by atoms with van der Waals surface area (Å²) >= 11 is 0. The maximum atomic E-state index is 13.8. The molecule has 2 heterocycles. The molecule has 1 N–H and O–H groups in total. The summed E-state index contributed by atoms with van der Waals surface area (Å²) in [6.45, 7) is 6.52. The Morgan fingerprint density at radius 1 is 1.20 bits per heavy atom. The fourth-order valence-corrected chi connectivity index (χ4v) is 5.25. The third kappa shape index (κ3) is 5.37. The molecule has 1 aliphatic heterocycles. The van der Waals surface area contributed by atoms with Gasteiger partial charge in [0, 0.05) is 24.7 Å². The van der Waals surface area contributed by atoms with Gasteiger partial charge in [0.15, 0.2) is 0 Å². The van der Waals surface area contributed by atoms with Crippen LogP contribution in [0.1, 0.15) is 62.9 Å². The number of hydrogen-bond donors (Lipinski definition) is 1. The van der Waals surface area contributed by atoms with E-state index < -0.39 is 5.54 Å². The van der Waals surface area contributed by atoms with Gasteiger partial charge in [-0.25, -0.2) is 0 Å². The molecule has 1 saturated carbocycles. The maximum absolute atomic E-state index is 13.8. The largest absolute Gasteiger partial charge is 0.497 e. The monoisotopic (exact) mass is 481 g/mol. The second-order valence-electron chi connectivity index (χ2n) is 10.1. The van der Waals surface area contributed by atoms with Gasteiger partial charge in [0.2, 0.25) is 5.91 Å². The molecule has 1 aromatic carbocycles. The molecule has 35 heavy (non-hydrogen) atoms. The van der Waals surface area contributed by atoms with Gasteiger partial charge in [-0.05, 0) is 70.1 Å². The Morgan fingerprint density at radius 3 is 2.57 bits per heavy atom. The van der Waals surface area contributed by atoms with E-state index in [1.54, 1.807) is 16.7 Å². The second kappa shape index (κ2) is 10.8. The number of carbonyl (C=O) groups is 2. The first-order chi connectivity index (χ1) is 16.9. The minimum Gasteiger partial charge on any atom is -0.497 e. The highest BCUT2D eigenvalue weighted by atomic mass is 16.5. The van der Waals surface area contributed by atoms with E-state index in [0.717, 1.165) is 55.7 Å². The van der Waals surface area contributed by atoms with Crippen LogP contribution in [0.2, 0.25) is 0 Å². The normalized spacial score (nSPS) is 20.7. The Kier molecular flexibility index (Phi) is 7.79. The minimum absolute atomic E-state index is 0.0805.